The Hall–Kier alpha value is -0.960. The SMILES string of the molecule is CCC(=C=CC#CC(O)(CC)CC)CC. The number of rotatable bonds is 4. The first-order chi connectivity index (χ1) is 7.11. The Labute approximate surface area is 93.9 Å². The van der Waals surface area contributed by atoms with Gasteiger partial charge in [-0.2, -0.15) is 0 Å². The van der Waals surface area contributed by atoms with Crippen molar-refractivity contribution in [1.82, 2.24) is 0 Å². The first kappa shape index (κ1) is 14.0. The molecule has 0 amide bonds. The van der Waals surface area contributed by atoms with E-state index in [2.05, 4.69) is 31.4 Å². The van der Waals surface area contributed by atoms with E-state index in [1.807, 2.05) is 13.8 Å². The second-order valence-electron chi connectivity index (χ2n) is 3.61. The lowest BCUT2D eigenvalue weighted by molar-refractivity contribution is 0.0931. The second kappa shape index (κ2) is 7.35. The maximum atomic E-state index is 9.88. The summed E-state index contributed by atoms with van der Waals surface area (Å²) < 4.78 is 0. The van der Waals surface area contributed by atoms with Crippen LogP contribution in [0.2, 0.25) is 0 Å². The van der Waals surface area contributed by atoms with Gasteiger partial charge in [0.25, 0.3) is 0 Å². The van der Waals surface area contributed by atoms with E-state index in [4.69, 9.17) is 0 Å². The van der Waals surface area contributed by atoms with E-state index < -0.39 is 5.60 Å². The molecule has 0 radical (unpaired) electrons. The van der Waals surface area contributed by atoms with E-state index in [1.165, 1.54) is 5.57 Å². The molecule has 1 heteroatoms. The van der Waals surface area contributed by atoms with Crippen LogP contribution in [0.15, 0.2) is 17.4 Å². The standard InChI is InChI=1S/C14H22O/c1-5-13(6-2)11-9-10-12-14(15,7-3)8-4/h9,15H,5-8H2,1-4H3. The van der Waals surface area contributed by atoms with E-state index in [0.29, 0.717) is 12.8 Å². The Morgan fingerprint density at radius 1 is 1.13 bits per heavy atom. The average Bonchev–Trinajstić information content (AvgIpc) is 2.29. The third-order valence-electron chi connectivity index (χ3n) is 2.68. The highest BCUT2D eigenvalue weighted by Gasteiger charge is 2.17. The van der Waals surface area contributed by atoms with Gasteiger partial charge in [0.05, 0.1) is 0 Å². The van der Waals surface area contributed by atoms with Crippen LogP contribution in [-0.4, -0.2) is 10.7 Å². The van der Waals surface area contributed by atoms with Crippen LogP contribution in [0, 0.1) is 11.8 Å². The fraction of sp³-hybridized carbons (Fsp3) is 0.643. The minimum absolute atomic E-state index is 0.669. The van der Waals surface area contributed by atoms with Crippen molar-refractivity contribution in [3.8, 4) is 11.8 Å². The smallest absolute Gasteiger partial charge is 0.125 e. The number of allylic oxidation sites excluding steroid dienone is 1. The van der Waals surface area contributed by atoms with E-state index >= 15 is 0 Å². The molecule has 0 aromatic carbocycles. The summed E-state index contributed by atoms with van der Waals surface area (Å²) in [4.78, 5) is 0. The Morgan fingerprint density at radius 2 is 1.67 bits per heavy atom. The molecule has 0 unspecified atom stereocenters. The third-order valence-corrected chi connectivity index (χ3v) is 2.68. The maximum Gasteiger partial charge on any atom is 0.125 e. The second-order valence-corrected chi connectivity index (χ2v) is 3.61. The average molecular weight is 206 g/mol. The zero-order valence-electron chi connectivity index (χ0n) is 10.4. The normalized spacial score (nSPS) is 9.93. The minimum atomic E-state index is -0.823. The van der Waals surface area contributed by atoms with E-state index in [-0.39, 0.29) is 0 Å². The molecule has 1 nitrogen and oxygen atoms in total. The molecule has 0 rings (SSSR count). The van der Waals surface area contributed by atoms with Crippen molar-refractivity contribution in [3.63, 3.8) is 0 Å². The summed E-state index contributed by atoms with van der Waals surface area (Å²) in [5, 5.41) is 9.88. The van der Waals surface area contributed by atoms with Gasteiger partial charge in [-0.05, 0) is 31.3 Å². The maximum absolute atomic E-state index is 9.88. The number of hydrogen-bond acceptors (Lipinski definition) is 1. The summed E-state index contributed by atoms with van der Waals surface area (Å²) in [7, 11) is 0. The fourth-order valence-corrected chi connectivity index (χ4v) is 1.19. The zero-order valence-corrected chi connectivity index (χ0v) is 10.4. The molecule has 0 aliphatic rings. The topological polar surface area (TPSA) is 20.2 Å². The first-order valence-electron chi connectivity index (χ1n) is 5.79. The van der Waals surface area contributed by atoms with Gasteiger partial charge in [0.2, 0.25) is 0 Å². The summed E-state index contributed by atoms with van der Waals surface area (Å²) in [6.45, 7) is 8.12. The Balaban J connectivity index is 4.62. The first-order valence-corrected chi connectivity index (χ1v) is 5.79. The van der Waals surface area contributed by atoms with Gasteiger partial charge in [0, 0.05) is 6.08 Å². The van der Waals surface area contributed by atoms with E-state index in [1.54, 1.807) is 6.08 Å². The summed E-state index contributed by atoms with van der Waals surface area (Å²) in [5.74, 6) is 5.74. The molecular weight excluding hydrogens is 184 g/mol. The zero-order chi connectivity index (χ0) is 11.7. The van der Waals surface area contributed by atoms with Crippen LogP contribution in [0.4, 0.5) is 0 Å². The van der Waals surface area contributed by atoms with Gasteiger partial charge in [0.1, 0.15) is 5.60 Å². The van der Waals surface area contributed by atoms with Gasteiger partial charge < -0.3 is 5.11 Å². The molecule has 0 aromatic rings. The minimum Gasteiger partial charge on any atom is -0.378 e. The van der Waals surface area contributed by atoms with Crippen molar-refractivity contribution < 1.29 is 5.11 Å². The summed E-state index contributed by atoms with van der Waals surface area (Å²) in [5.41, 5.74) is 3.59. The van der Waals surface area contributed by atoms with Crippen LogP contribution >= 0.6 is 0 Å². The van der Waals surface area contributed by atoms with Gasteiger partial charge >= 0.3 is 0 Å². The van der Waals surface area contributed by atoms with E-state index in [0.717, 1.165) is 12.8 Å². The quantitative estimate of drug-likeness (QED) is 0.552. The lowest BCUT2D eigenvalue weighted by Gasteiger charge is -2.16. The van der Waals surface area contributed by atoms with Crippen molar-refractivity contribution >= 4 is 0 Å². The monoisotopic (exact) mass is 206 g/mol. The molecule has 0 bridgehead atoms. The molecule has 0 saturated carbocycles. The Morgan fingerprint density at radius 3 is 2.07 bits per heavy atom. The number of hydrogen-bond donors (Lipinski definition) is 1. The van der Waals surface area contributed by atoms with Crippen molar-refractivity contribution in [2.24, 2.45) is 0 Å². The highest BCUT2D eigenvalue weighted by molar-refractivity contribution is 5.22. The number of aliphatic hydroxyl groups is 1. The predicted octanol–water partition coefficient (Wildman–Crippen LogP) is 3.44. The highest BCUT2D eigenvalue weighted by Crippen LogP contribution is 2.12. The van der Waals surface area contributed by atoms with Crippen molar-refractivity contribution in [3.05, 3.63) is 17.4 Å². The summed E-state index contributed by atoms with van der Waals surface area (Å²) in [6, 6.07) is 0. The van der Waals surface area contributed by atoms with Gasteiger partial charge in [-0.3, -0.25) is 0 Å². The molecule has 0 atom stereocenters. The molecular formula is C14H22O. The Kier molecular flexibility index (Phi) is 6.88. The molecule has 84 valence electrons. The largest absolute Gasteiger partial charge is 0.378 e. The van der Waals surface area contributed by atoms with Crippen LogP contribution in [-0.2, 0) is 0 Å². The van der Waals surface area contributed by atoms with Gasteiger partial charge in [-0.25, -0.2) is 0 Å². The summed E-state index contributed by atoms with van der Waals surface area (Å²) >= 11 is 0. The fourth-order valence-electron chi connectivity index (χ4n) is 1.19. The van der Waals surface area contributed by atoms with Crippen molar-refractivity contribution in [2.45, 2.75) is 59.0 Å². The highest BCUT2D eigenvalue weighted by atomic mass is 16.3. The van der Waals surface area contributed by atoms with Gasteiger partial charge in [-0.1, -0.05) is 39.5 Å². The molecule has 0 heterocycles. The molecule has 0 aliphatic heterocycles. The van der Waals surface area contributed by atoms with E-state index in [9.17, 15) is 5.11 Å². The molecule has 0 fully saturated rings. The molecule has 0 saturated heterocycles. The lowest BCUT2D eigenvalue weighted by atomic mass is 9.98. The molecule has 0 aromatic heterocycles. The van der Waals surface area contributed by atoms with Crippen LogP contribution in [0.25, 0.3) is 0 Å². The predicted molar refractivity (Wildman–Crippen MR) is 65.5 cm³/mol. The van der Waals surface area contributed by atoms with Crippen LogP contribution in [0.1, 0.15) is 53.4 Å². The lowest BCUT2D eigenvalue weighted by Crippen LogP contribution is -2.23. The summed E-state index contributed by atoms with van der Waals surface area (Å²) in [6.07, 6.45) is 5.09. The van der Waals surface area contributed by atoms with Crippen LogP contribution < -0.4 is 0 Å². The molecule has 15 heavy (non-hydrogen) atoms. The van der Waals surface area contributed by atoms with Gasteiger partial charge in [0.15, 0.2) is 0 Å². The molecule has 0 aliphatic carbocycles. The van der Waals surface area contributed by atoms with Crippen molar-refractivity contribution in [1.29, 1.82) is 0 Å². The Bertz CT molecular complexity index is 285. The van der Waals surface area contributed by atoms with Crippen LogP contribution in [0.3, 0.4) is 0 Å². The molecule has 0 spiro atoms. The van der Waals surface area contributed by atoms with Crippen LogP contribution in [0.5, 0.6) is 0 Å². The van der Waals surface area contributed by atoms with Gasteiger partial charge in [-0.15, -0.1) is 5.73 Å². The van der Waals surface area contributed by atoms with Crippen molar-refractivity contribution in [2.75, 3.05) is 0 Å². The third kappa shape index (κ3) is 5.47. The molecule has 1 N–H and O–H groups in total.